The molecule has 12 heteroatoms. The van der Waals surface area contributed by atoms with Gasteiger partial charge in [-0.25, -0.2) is 8.42 Å². The fourth-order valence-corrected chi connectivity index (χ4v) is 4.90. The Hall–Kier alpha value is -1.71. The topological polar surface area (TPSA) is 86.8 Å². The summed E-state index contributed by atoms with van der Waals surface area (Å²) in [6, 6.07) is 8.23. The number of carbonyl (C=O) groups excluding carboxylic acids is 2. The van der Waals surface area contributed by atoms with Gasteiger partial charge in [-0.15, -0.1) is 0 Å². The first-order valence-electron chi connectivity index (χ1n) is 11.2. The minimum absolute atomic E-state index is 0.0150. The molecule has 2 aromatic carbocycles. The molecule has 0 spiro atoms. The van der Waals surface area contributed by atoms with Crippen LogP contribution in [0.1, 0.15) is 39.2 Å². The highest BCUT2D eigenvalue weighted by atomic mass is 35.5. The molecule has 0 saturated heterocycles. The van der Waals surface area contributed by atoms with E-state index in [1.165, 1.54) is 23.1 Å². The molecule has 0 radical (unpaired) electrons. The second-order valence-corrected chi connectivity index (χ2v) is 11.9. The Morgan fingerprint density at radius 1 is 0.917 bits per heavy atom. The fourth-order valence-electron chi connectivity index (χ4n) is 3.45. The van der Waals surface area contributed by atoms with Crippen LogP contribution in [0.15, 0.2) is 36.4 Å². The highest BCUT2D eigenvalue weighted by molar-refractivity contribution is 7.92. The van der Waals surface area contributed by atoms with Crippen LogP contribution >= 0.6 is 46.4 Å². The van der Waals surface area contributed by atoms with Crippen molar-refractivity contribution in [2.24, 2.45) is 0 Å². The zero-order valence-electron chi connectivity index (χ0n) is 20.4. The first-order chi connectivity index (χ1) is 16.8. The highest BCUT2D eigenvalue weighted by Gasteiger charge is 2.32. The van der Waals surface area contributed by atoms with Crippen LogP contribution in [-0.2, 0) is 26.2 Å². The van der Waals surface area contributed by atoms with Gasteiger partial charge < -0.3 is 10.2 Å². The number of nitrogens with one attached hydrogen (secondary N) is 1. The third-order valence-electron chi connectivity index (χ3n) is 5.59. The van der Waals surface area contributed by atoms with Crippen LogP contribution in [0.3, 0.4) is 0 Å². The maximum absolute atomic E-state index is 13.7. The Bertz CT molecular complexity index is 1210. The van der Waals surface area contributed by atoms with Gasteiger partial charge in [-0.2, -0.15) is 0 Å². The quantitative estimate of drug-likeness (QED) is 0.356. The molecule has 1 N–H and O–H groups in total. The molecular formula is C24H29Cl4N3O4S. The van der Waals surface area contributed by atoms with Crippen LogP contribution < -0.4 is 9.62 Å². The molecule has 2 atom stereocenters. The average molecular weight is 597 g/mol. The summed E-state index contributed by atoms with van der Waals surface area (Å²) in [6.45, 7) is 5.05. The van der Waals surface area contributed by atoms with Crippen molar-refractivity contribution in [1.82, 2.24) is 10.2 Å². The van der Waals surface area contributed by atoms with E-state index in [-0.39, 0.29) is 34.2 Å². The van der Waals surface area contributed by atoms with Gasteiger partial charge in [-0.05, 0) is 55.7 Å². The standard InChI is InChI=1S/C24H29Cl4N3O4S/c1-5-15(3)29-24(33)22(6-2)30(13-16-7-9-18(25)20(27)11-16)23(32)14-31(36(4,34)35)17-8-10-19(26)21(28)12-17/h7-12,15,22H,5-6,13-14H2,1-4H3,(H,29,33)/t15-,22+/m0/s1. The van der Waals surface area contributed by atoms with Crippen LogP contribution in [0.5, 0.6) is 0 Å². The van der Waals surface area contributed by atoms with Gasteiger partial charge in [0, 0.05) is 12.6 Å². The minimum Gasteiger partial charge on any atom is -0.352 e. The zero-order chi connectivity index (χ0) is 27.2. The van der Waals surface area contributed by atoms with Gasteiger partial charge in [0.05, 0.1) is 32.0 Å². The number of amides is 2. The van der Waals surface area contributed by atoms with Crippen molar-refractivity contribution in [3.63, 3.8) is 0 Å². The molecule has 2 aromatic rings. The lowest BCUT2D eigenvalue weighted by Crippen LogP contribution is -2.53. The Kier molecular flexibility index (Phi) is 11.2. The molecule has 36 heavy (non-hydrogen) atoms. The lowest BCUT2D eigenvalue weighted by atomic mass is 10.1. The average Bonchev–Trinajstić information content (AvgIpc) is 2.80. The summed E-state index contributed by atoms with van der Waals surface area (Å²) < 4.78 is 26.2. The lowest BCUT2D eigenvalue weighted by molar-refractivity contribution is -0.140. The molecule has 0 unspecified atom stereocenters. The van der Waals surface area contributed by atoms with E-state index in [0.29, 0.717) is 28.5 Å². The maximum atomic E-state index is 13.7. The molecule has 198 valence electrons. The Balaban J connectivity index is 2.48. The van der Waals surface area contributed by atoms with Crippen molar-refractivity contribution in [2.75, 3.05) is 17.1 Å². The molecule has 0 aliphatic carbocycles. The number of benzene rings is 2. The summed E-state index contributed by atoms with van der Waals surface area (Å²) in [5.74, 6) is -0.913. The molecular weight excluding hydrogens is 568 g/mol. The molecule has 2 amide bonds. The maximum Gasteiger partial charge on any atom is 0.244 e. The summed E-state index contributed by atoms with van der Waals surface area (Å²) in [6.07, 6.45) is 2.00. The van der Waals surface area contributed by atoms with Gasteiger partial charge in [-0.1, -0.05) is 66.3 Å². The normalized spacial score (nSPS) is 13.1. The largest absolute Gasteiger partial charge is 0.352 e. The molecule has 0 saturated carbocycles. The number of hydrogen-bond donors (Lipinski definition) is 1. The van der Waals surface area contributed by atoms with Crippen LogP contribution in [0.2, 0.25) is 20.1 Å². The number of halogens is 4. The second-order valence-electron chi connectivity index (χ2n) is 8.38. The molecule has 0 aromatic heterocycles. The first-order valence-corrected chi connectivity index (χ1v) is 14.6. The Labute approximate surface area is 232 Å². The third-order valence-corrected chi connectivity index (χ3v) is 8.21. The van der Waals surface area contributed by atoms with E-state index in [1.54, 1.807) is 25.1 Å². The van der Waals surface area contributed by atoms with E-state index in [0.717, 1.165) is 10.6 Å². The zero-order valence-corrected chi connectivity index (χ0v) is 24.2. The van der Waals surface area contributed by atoms with E-state index in [4.69, 9.17) is 46.4 Å². The summed E-state index contributed by atoms with van der Waals surface area (Å²) in [7, 11) is -3.89. The van der Waals surface area contributed by atoms with Gasteiger partial charge in [0.25, 0.3) is 0 Å². The van der Waals surface area contributed by atoms with Gasteiger partial charge in [0.15, 0.2) is 0 Å². The Morgan fingerprint density at radius 2 is 1.50 bits per heavy atom. The van der Waals surface area contributed by atoms with Gasteiger partial charge >= 0.3 is 0 Å². The predicted octanol–water partition coefficient (Wildman–Crippen LogP) is 5.79. The highest BCUT2D eigenvalue weighted by Crippen LogP contribution is 2.29. The fraction of sp³-hybridized carbons (Fsp3) is 0.417. The summed E-state index contributed by atoms with van der Waals surface area (Å²) in [4.78, 5) is 28.1. The number of sulfonamides is 1. The molecule has 0 aliphatic rings. The van der Waals surface area contributed by atoms with Gasteiger partial charge in [0.1, 0.15) is 12.6 Å². The number of rotatable bonds is 11. The number of anilines is 1. The number of carbonyl (C=O) groups is 2. The van der Waals surface area contributed by atoms with Crippen molar-refractivity contribution in [1.29, 1.82) is 0 Å². The minimum atomic E-state index is -3.89. The van der Waals surface area contributed by atoms with E-state index >= 15 is 0 Å². The van der Waals surface area contributed by atoms with Crippen molar-refractivity contribution in [3.8, 4) is 0 Å². The molecule has 0 bridgehead atoms. The summed E-state index contributed by atoms with van der Waals surface area (Å²) >= 11 is 24.3. The molecule has 7 nitrogen and oxygen atoms in total. The summed E-state index contributed by atoms with van der Waals surface area (Å²) in [5, 5.41) is 3.94. The number of hydrogen-bond acceptors (Lipinski definition) is 4. The predicted molar refractivity (Wildman–Crippen MR) is 148 cm³/mol. The van der Waals surface area contributed by atoms with Crippen molar-refractivity contribution in [2.45, 2.75) is 52.2 Å². The van der Waals surface area contributed by atoms with Crippen molar-refractivity contribution < 1.29 is 18.0 Å². The van der Waals surface area contributed by atoms with E-state index < -0.39 is 28.5 Å². The first kappa shape index (κ1) is 30.5. The third kappa shape index (κ3) is 8.15. The Morgan fingerprint density at radius 3 is 2.00 bits per heavy atom. The molecule has 2 rings (SSSR count). The summed E-state index contributed by atoms with van der Waals surface area (Å²) in [5.41, 5.74) is 0.805. The molecule has 0 fully saturated rings. The smallest absolute Gasteiger partial charge is 0.244 e. The van der Waals surface area contributed by atoms with Crippen LogP contribution in [-0.4, -0.2) is 50.0 Å². The van der Waals surface area contributed by atoms with Crippen LogP contribution in [0.25, 0.3) is 0 Å². The number of nitrogens with zero attached hydrogens (tertiary/aromatic N) is 2. The molecule has 0 heterocycles. The van der Waals surface area contributed by atoms with Gasteiger partial charge in [0.2, 0.25) is 21.8 Å². The van der Waals surface area contributed by atoms with E-state index in [2.05, 4.69) is 5.32 Å². The molecule has 0 aliphatic heterocycles. The van der Waals surface area contributed by atoms with E-state index in [1.807, 2.05) is 13.8 Å². The lowest BCUT2D eigenvalue weighted by Gasteiger charge is -2.33. The SMILES string of the molecule is CC[C@H](C(=O)N[C@@H](C)CC)N(Cc1ccc(Cl)c(Cl)c1)C(=O)CN(c1ccc(Cl)c(Cl)c1)S(C)(=O)=O. The van der Waals surface area contributed by atoms with Gasteiger partial charge in [-0.3, -0.25) is 13.9 Å². The monoisotopic (exact) mass is 595 g/mol. The van der Waals surface area contributed by atoms with E-state index in [9.17, 15) is 18.0 Å². The van der Waals surface area contributed by atoms with Crippen molar-refractivity contribution in [3.05, 3.63) is 62.1 Å². The van der Waals surface area contributed by atoms with Crippen LogP contribution in [0, 0.1) is 0 Å². The second kappa shape index (κ2) is 13.2. The van der Waals surface area contributed by atoms with Crippen molar-refractivity contribution >= 4 is 73.9 Å². The van der Waals surface area contributed by atoms with Crippen LogP contribution in [0.4, 0.5) is 5.69 Å².